The molecule has 6 rings (SSSR count). The van der Waals surface area contributed by atoms with Crippen LogP contribution in [-0.4, -0.2) is 11.0 Å². The second kappa shape index (κ2) is 8.92. The lowest BCUT2D eigenvalue weighted by atomic mass is 10.0. The fraction of sp³-hybridized carbons (Fsp3) is 0.214. The average Bonchev–Trinajstić information content (AvgIpc) is 2.89. The molecular formula is C28H27NO2P2+2. The molecule has 0 fully saturated rings. The molecule has 0 saturated carbocycles. The zero-order valence-corrected chi connectivity index (χ0v) is 20.6. The second-order valence-electron chi connectivity index (χ2n) is 8.50. The molecule has 2 aliphatic carbocycles. The number of benzene rings is 2. The zero-order valence-electron chi connectivity index (χ0n) is 18.8. The summed E-state index contributed by atoms with van der Waals surface area (Å²) in [5, 5.41) is 2.67. The van der Waals surface area contributed by atoms with Crippen molar-refractivity contribution in [2.45, 2.75) is 32.6 Å². The second-order valence-corrected chi connectivity index (χ2v) is 12.2. The van der Waals surface area contributed by atoms with E-state index in [1.807, 2.05) is 0 Å². The van der Waals surface area contributed by atoms with Gasteiger partial charge < -0.3 is 0 Å². The van der Waals surface area contributed by atoms with E-state index >= 15 is 0 Å². The van der Waals surface area contributed by atoms with E-state index in [4.69, 9.17) is 9.05 Å². The van der Waals surface area contributed by atoms with Gasteiger partial charge in [-0.15, -0.1) is 0 Å². The Balaban J connectivity index is 1.65. The van der Waals surface area contributed by atoms with Crippen molar-refractivity contribution in [2.75, 3.05) is 6.54 Å². The van der Waals surface area contributed by atoms with Crippen molar-refractivity contribution in [3.63, 3.8) is 0 Å². The predicted molar refractivity (Wildman–Crippen MR) is 138 cm³/mol. The lowest BCUT2D eigenvalue weighted by molar-refractivity contribution is 0.428. The Morgan fingerprint density at radius 3 is 1.79 bits per heavy atom. The average molecular weight is 471 g/mol. The Bertz CT molecular complexity index is 1400. The van der Waals surface area contributed by atoms with Gasteiger partial charge in [-0.2, -0.15) is 0 Å². The van der Waals surface area contributed by atoms with E-state index in [2.05, 4.69) is 96.4 Å². The first-order valence-corrected chi connectivity index (χ1v) is 14.2. The smallest absolute Gasteiger partial charge is 0.266 e. The maximum atomic E-state index is 6.84. The van der Waals surface area contributed by atoms with E-state index in [1.165, 1.54) is 31.5 Å². The maximum absolute atomic E-state index is 6.84. The van der Waals surface area contributed by atoms with Gasteiger partial charge in [0, 0.05) is 21.6 Å². The van der Waals surface area contributed by atoms with Crippen molar-refractivity contribution in [3.05, 3.63) is 117 Å². The molecule has 0 amide bonds. The molecule has 2 aliphatic heterocycles. The van der Waals surface area contributed by atoms with Crippen LogP contribution in [0.3, 0.4) is 0 Å². The fourth-order valence-electron chi connectivity index (χ4n) is 4.72. The Hall–Kier alpha value is -2.70. The molecule has 4 aliphatic rings. The number of nitrogens with zero attached hydrogens (tertiary/aromatic N) is 1. The van der Waals surface area contributed by atoms with Crippen LogP contribution in [0.2, 0.25) is 0 Å². The quantitative estimate of drug-likeness (QED) is 0.455. The molecule has 2 unspecified atom stereocenters. The van der Waals surface area contributed by atoms with Gasteiger partial charge in [-0.1, -0.05) is 61.9 Å². The van der Waals surface area contributed by atoms with E-state index in [9.17, 15) is 0 Å². The standard InChI is InChI=1S/C28H27NO2P2/c1-2-3-20-29(32-27-18-10-6-14-23(27)21-12-4-8-16-25(21)30-32)33-28-19-11-7-15-24(28)22-13-5-9-17-26(22)31-33/h4-11,14-19H,2-3,12-13,20H2,1H3/q+2. The van der Waals surface area contributed by atoms with Crippen molar-refractivity contribution in [1.29, 1.82) is 0 Å². The van der Waals surface area contributed by atoms with Crippen molar-refractivity contribution in [3.8, 4) is 0 Å². The van der Waals surface area contributed by atoms with Gasteiger partial charge in [0.2, 0.25) is 9.88 Å². The SMILES string of the molecule is CCCCN([P+]1=c2ccccc2=C2CC=CC=C2O1)[P+]1=c2ccccc2=C2CC=CC=C2O1. The third-order valence-electron chi connectivity index (χ3n) is 6.38. The summed E-state index contributed by atoms with van der Waals surface area (Å²) in [5.74, 6) is 2.05. The Labute approximate surface area is 196 Å². The largest absolute Gasteiger partial charge is 0.456 e. The van der Waals surface area contributed by atoms with Crippen molar-refractivity contribution in [1.82, 2.24) is 4.44 Å². The molecule has 5 heteroatoms. The Morgan fingerprint density at radius 2 is 1.27 bits per heavy atom. The molecule has 2 aromatic rings. The minimum absolute atomic E-state index is 0.923. The zero-order chi connectivity index (χ0) is 22.2. The third kappa shape index (κ3) is 3.65. The topological polar surface area (TPSA) is 21.7 Å². The Morgan fingerprint density at radius 1 is 0.758 bits per heavy atom. The third-order valence-corrected chi connectivity index (χ3v) is 10.9. The molecule has 0 N–H and O–H groups in total. The molecule has 0 saturated heterocycles. The normalized spacial score (nSPS) is 20.2. The summed E-state index contributed by atoms with van der Waals surface area (Å²) in [5.41, 5.74) is 2.60. The van der Waals surface area contributed by atoms with Crippen LogP contribution in [0.15, 0.2) is 96.5 Å². The van der Waals surface area contributed by atoms with Gasteiger partial charge in [-0.25, -0.2) is 0 Å². The minimum Gasteiger partial charge on any atom is -0.266 e. The summed E-state index contributed by atoms with van der Waals surface area (Å²) < 4.78 is 16.2. The van der Waals surface area contributed by atoms with Gasteiger partial charge in [-0.05, 0) is 55.7 Å². The van der Waals surface area contributed by atoms with E-state index in [-0.39, 0.29) is 0 Å². The lowest BCUT2D eigenvalue weighted by Crippen LogP contribution is -2.23. The first-order valence-electron chi connectivity index (χ1n) is 11.7. The molecule has 0 radical (unpaired) electrons. The van der Waals surface area contributed by atoms with Crippen LogP contribution < -0.4 is 10.4 Å². The number of unbranched alkanes of at least 4 members (excludes halogenated alkanes) is 1. The van der Waals surface area contributed by atoms with Crippen molar-refractivity contribution in [2.24, 2.45) is 0 Å². The van der Waals surface area contributed by atoms with Gasteiger partial charge in [0.15, 0.2) is 11.5 Å². The molecule has 0 aromatic heterocycles. The van der Waals surface area contributed by atoms with E-state index in [0.29, 0.717) is 0 Å². The van der Waals surface area contributed by atoms with E-state index in [0.717, 1.165) is 43.7 Å². The molecule has 0 bridgehead atoms. The number of fused-ring (bicyclic) bond motifs is 4. The maximum Gasteiger partial charge on any atom is 0.456 e. The Kier molecular flexibility index (Phi) is 5.64. The van der Waals surface area contributed by atoms with Crippen LogP contribution >= 0.6 is 15.8 Å². The highest BCUT2D eigenvalue weighted by Gasteiger charge is 2.47. The number of hydrogen-bond acceptors (Lipinski definition) is 3. The highest BCUT2D eigenvalue weighted by molar-refractivity contribution is 7.57. The minimum atomic E-state index is -1.02. The first-order chi connectivity index (χ1) is 16.3. The summed E-state index contributed by atoms with van der Waals surface area (Å²) >= 11 is 0. The van der Waals surface area contributed by atoms with Gasteiger partial charge in [0.25, 0.3) is 0 Å². The van der Waals surface area contributed by atoms with Crippen LogP contribution in [-0.2, 0) is 9.05 Å². The fourth-order valence-corrected chi connectivity index (χ4v) is 9.60. The lowest BCUT2D eigenvalue weighted by Gasteiger charge is -2.18. The molecule has 2 atom stereocenters. The van der Waals surface area contributed by atoms with Gasteiger partial charge in [-0.3, -0.25) is 9.05 Å². The van der Waals surface area contributed by atoms with Crippen LogP contribution in [0.25, 0.3) is 11.1 Å². The predicted octanol–water partition coefficient (Wildman–Crippen LogP) is 6.66. The van der Waals surface area contributed by atoms with E-state index in [1.54, 1.807) is 0 Å². The molecule has 0 spiro atoms. The summed E-state index contributed by atoms with van der Waals surface area (Å²) in [7, 11) is -2.04. The monoisotopic (exact) mass is 471 g/mol. The van der Waals surface area contributed by atoms with Crippen LogP contribution in [0.4, 0.5) is 0 Å². The van der Waals surface area contributed by atoms with E-state index < -0.39 is 15.8 Å². The summed E-state index contributed by atoms with van der Waals surface area (Å²) in [6.45, 7) is 3.21. The molecule has 2 aromatic carbocycles. The van der Waals surface area contributed by atoms with Gasteiger partial charge in [0.05, 0.1) is 6.54 Å². The van der Waals surface area contributed by atoms with Crippen molar-refractivity contribution >= 4 is 27.0 Å². The molecule has 164 valence electrons. The summed E-state index contributed by atoms with van der Waals surface area (Å²) in [4.78, 5) is 2.61. The van der Waals surface area contributed by atoms with Crippen LogP contribution in [0, 0.1) is 9.88 Å². The highest BCUT2D eigenvalue weighted by Crippen LogP contribution is 2.54. The molecule has 3 nitrogen and oxygen atoms in total. The number of hydrogen-bond donors (Lipinski definition) is 0. The summed E-state index contributed by atoms with van der Waals surface area (Å²) in [6, 6.07) is 17.6. The molecule has 33 heavy (non-hydrogen) atoms. The van der Waals surface area contributed by atoms with Crippen LogP contribution in [0.5, 0.6) is 0 Å². The van der Waals surface area contributed by atoms with Gasteiger partial charge >= 0.3 is 15.8 Å². The summed E-state index contributed by atoms with van der Waals surface area (Å²) in [6.07, 6.45) is 17.0. The molecule has 2 heterocycles. The van der Waals surface area contributed by atoms with Crippen LogP contribution in [0.1, 0.15) is 32.6 Å². The number of allylic oxidation sites excluding steroid dienone is 8. The van der Waals surface area contributed by atoms with Crippen molar-refractivity contribution < 1.29 is 9.05 Å². The highest BCUT2D eigenvalue weighted by atomic mass is 31.2. The number of rotatable bonds is 5. The van der Waals surface area contributed by atoms with Gasteiger partial charge in [0.1, 0.15) is 4.44 Å². The molecular weight excluding hydrogens is 444 g/mol. The first kappa shape index (κ1) is 20.9.